The Hall–Kier alpha value is -1.34. The number of amides is 1. The van der Waals surface area contributed by atoms with Crippen molar-refractivity contribution in [3.05, 3.63) is 0 Å². The number of nitrogens with one attached hydrogen (secondary N) is 3. The molecule has 0 bridgehead atoms. The minimum absolute atomic E-state index is 0.171. The first-order chi connectivity index (χ1) is 11.3. The Kier molecular flexibility index (Phi) is 11.3. The van der Waals surface area contributed by atoms with Gasteiger partial charge < -0.3 is 25.4 Å². The summed E-state index contributed by atoms with van der Waals surface area (Å²) < 4.78 is 10.9. The first-order valence-electron chi connectivity index (χ1n) is 8.65. The minimum atomic E-state index is 0.171. The van der Waals surface area contributed by atoms with Crippen molar-refractivity contribution in [1.82, 2.24) is 16.0 Å². The van der Waals surface area contributed by atoms with Gasteiger partial charge in [-0.3, -0.25) is 9.79 Å². The zero-order chi connectivity index (χ0) is 16.8. The lowest BCUT2D eigenvalue weighted by Crippen LogP contribution is -2.42. The summed E-state index contributed by atoms with van der Waals surface area (Å²) >= 11 is 0. The van der Waals surface area contributed by atoms with Gasteiger partial charge in [0.25, 0.3) is 0 Å². The number of ether oxygens (including phenoxy) is 2. The van der Waals surface area contributed by atoms with Crippen molar-refractivity contribution < 1.29 is 14.3 Å². The Morgan fingerprint density at radius 2 is 1.65 bits per heavy atom. The van der Waals surface area contributed by atoms with Gasteiger partial charge in [0, 0.05) is 39.2 Å². The van der Waals surface area contributed by atoms with Crippen LogP contribution in [0.25, 0.3) is 0 Å². The number of hydrogen-bond acceptors (Lipinski definition) is 4. The third-order valence-corrected chi connectivity index (χ3v) is 3.44. The van der Waals surface area contributed by atoms with Gasteiger partial charge in [-0.2, -0.15) is 0 Å². The van der Waals surface area contributed by atoms with Crippen molar-refractivity contribution in [1.29, 1.82) is 0 Å². The molecule has 23 heavy (non-hydrogen) atoms. The highest BCUT2D eigenvalue weighted by molar-refractivity contribution is 5.81. The Morgan fingerprint density at radius 1 is 1.00 bits per heavy atom. The molecule has 7 nitrogen and oxygen atoms in total. The van der Waals surface area contributed by atoms with E-state index in [0.29, 0.717) is 45.4 Å². The van der Waals surface area contributed by atoms with Gasteiger partial charge in [-0.25, -0.2) is 0 Å². The lowest BCUT2D eigenvalue weighted by Gasteiger charge is -2.12. The summed E-state index contributed by atoms with van der Waals surface area (Å²) in [6.07, 6.45) is 4.32. The maximum absolute atomic E-state index is 11.5. The standard InChI is InChI=1S/C16H32N4O3/c1-3-4-10-22-12-13-23-11-9-20-16(17-2)19-8-7-18-15(21)14-5-6-14/h14H,3-13H2,1-2H3,(H,18,21)(H2,17,19,20). The van der Waals surface area contributed by atoms with Gasteiger partial charge in [0.15, 0.2) is 5.96 Å². The van der Waals surface area contributed by atoms with Crippen LogP contribution in [-0.4, -0.2) is 65.0 Å². The van der Waals surface area contributed by atoms with Crippen LogP contribution in [0.4, 0.5) is 0 Å². The SMILES string of the molecule is CCCCOCCOCCNC(=NC)NCCNC(=O)C1CC1. The van der Waals surface area contributed by atoms with Gasteiger partial charge in [0.2, 0.25) is 5.91 Å². The second-order valence-corrected chi connectivity index (χ2v) is 5.57. The van der Waals surface area contributed by atoms with Crippen molar-refractivity contribution >= 4 is 11.9 Å². The smallest absolute Gasteiger partial charge is 0.223 e. The molecule has 7 heteroatoms. The summed E-state index contributed by atoms with van der Waals surface area (Å²) in [7, 11) is 1.72. The fourth-order valence-corrected chi connectivity index (χ4v) is 1.89. The lowest BCUT2D eigenvalue weighted by molar-refractivity contribution is -0.122. The van der Waals surface area contributed by atoms with Gasteiger partial charge in [0.05, 0.1) is 19.8 Å². The fraction of sp³-hybridized carbons (Fsp3) is 0.875. The van der Waals surface area contributed by atoms with E-state index in [1.54, 1.807) is 7.05 Å². The van der Waals surface area contributed by atoms with Crippen molar-refractivity contribution in [2.75, 3.05) is 53.1 Å². The molecular formula is C16H32N4O3. The van der Waals surface area contributed by atoms with E-state index in [9.17, 15) is 4.79 Å². The van der Waals surface area contributed by atoms with E-state index in [2.05, 4.69) is 27.9 Å². The van der Waals surface area contributed by atoms with E-state index in [4.69, 9.17) is 9.47 Å². The Balaban J connectivity index is 1.88. The quantitative estimate of drug-likeness (QED) is 0.261. The molecule has 0 atom stereocenters. The average molecular weight is 328 g/mol. The van der Waals surface area contributed by atoms with Crippen LogP contribution in [0.1, 0.15) is 32.6 Å². The van der Waals surface area contributed by atoms with Gasteiger partial charge in [-0.15, -0.1) is 0 Å². The summed E-state index contributed by atoms with van der Waals surface area (Å²) in [5.74, 6) is 1.15. The molecule has 1 rings (SSSR count). The summed E-state index contributed by atoms with van der Waals surface area (Å²) in [6, 6.07) is 0. The molecule has 0 aromatic heterocycles. The maximum atomic E-state index is 11.5. The molecule has 3 N–H and O–H groups in total. The monoisotopic (exact) mass is 328 g/mol. The van der Waals surface area contributed by atoms with E-state index in [0.717, 1.165) is 32.3 Å². The molecule has 0 unspecified atom stereocenters. The van der Waals surface area contributed by atoms with Crippen LogP contribution in [0.5, 0.6) is 0 Å². The van der Waals surface area contributed by atoms with Crippen molar-refractivity contribution in [2.45, 2.75) is 32.6 Å². The van der Waals surface area contributed by atoms with E-state index in [1.165, 1.54) is 0 Å². The molecule has 134 valence electrons. The van der Waals surface area contributed by atoms with Crippen LogP contribution >= 0.6 is 0 Å². The lowest BCUT2D eigenvalue weighted by atomic mass is 10.4. The first kappa shape index (κ1) is 19.7. The molecule has 0 aromatic rings. The van der Waals surface area contributed by atoms with E-state index >= 15 is 0 Å². The number of aliphatic imine (C=N–C) groups is 1. The van der Waals surface area contributed by atoms with Gasteiger partial charge in [-0.1, -0.05) is 13.3 Å². The third kappa shape index (κ3) is 10.9. The Labute approximate surface area is 139 Å². The van der Waals surface area contributed by atoms with Crippen molar-refractivity contribution in [3.8, 4) is 0 Å². The van der Waals surface area contributed by atoms with Gasteiger partial charge in [-0.05, 0) is 19.3 Å². The van der Waals surface area contributed by atoms with Crippen LogP contribution in [0.3, 0.4) is 0 Å². The largest absolute Gasteiger partial charge is 0.379 e. The molecule has 1 saturated carbocycles. The summed E-state index contributed by atoms with van der Waals surface area (Å²) in [6.45, 7) is 6.78. The molecule has 0 spiro atoms. The second kappa shape index (κ2) is 13.1. The summed E-state index contributed by atoms with van der Waals surface area (Å²) in [4.78, 5) is 15.6. The van der Waals surface area contributed by atoms with E-state index < -0.39 is 0 Å². The van der Waals surface area contributed by atoms with Crippen molar-refractivity contribution in [3.63, 3.8) is 0 Å². The molecule has 0 heterocycles. The molecule has 1 amide bonds. The second-order valence-electron chi connectivity index (χ2n) is 5.57. The highest BCUT2D eigenvalue weighted by Gasteiger charge is 2.28. The topological polar surface area (TPSA) is 84.0 Å². The summed E-state index contributed by atoms with van der Waals surface area (Å²) in [5.41, 5.74) is 0. The fourth-order valence-electron chi connectivity index (χ4n) is 1.89. The Bertz CT molecular complexity index is 346. The molecule has 0 saturated heterocycles. The number of unbranched alkanes of at least 4 members (excludes halogenated alkanes) is 1. The normalized spacial score (nSPS) is 14.6. The molecule has 1 aliphatic carbocycles. The molecule has 1 aliphatic rings. The minimum Gasteiger partial charge on any atom is -0.379 e. The number of guanidine groups is 1. The first-order valence-corrected chi connectivity index (χ1v) is 8.65. The molecule has 0 radical (unpaired) electrons. The predicted octanol–water partition coefficient (Wildman–Crippen LogP) is 0.511. The molecule has 1 fully saturated rings. The zero-order valence-corrected chi connectivity index (χ0v) is 14.5. The van der Waals surface area contributed by atoms with Crippen LogP contribution in [0.15, 0.2) is 4.99 Å². The molecule has 0 aliphatic heterocycles. The number of hydrogen-bond donors (Lipinski definition) is 3. The van der Waals surface area contributed by atoms with Gasteiger partial charge in [0.1, 0.15) is 0 Å². The van der Waals surface area contributed by atoms with Crippen LogP contribution in [-0.2, 0) is 14.3 Å². The average Bonchev–Trinajstić information content (AvgIpc) is 3.40. The highest BCUT2D eigenvalue weighted by atomic mass is 16.5. The van der Waals surface area contributed by atoms with E-state index in [1.807, 2.05) is 0 Å². The van der Waals surface area contributed by atoms with Crippen LogP contribution < -0.4 is 16.0 Å². The maximum Gasteiger partial charge on any atom is 0.223 e. The number of nitrogens with zero attached hydrogens (tertiary/aromatic N) is 1. The summed E-state index contributed by atoms with van der Waals surface area (Å²) in [5, 5.41) is 9.22. The van der Waals surface area contributed by atoms with Crippen LogP contribution in [0.2, 0.25) is 0 Å². The third-order valence-electron chi connectivity index (χ3n) is 3.44. The highest BCUT2D eigenvalue weighted by Crippen LogP contribution is 2.28. The van der Waals surface area contributed by atoms with E-state index in [-0.39, 0.29) is 11.8 Å². The van der Waals surface area contributed by atoms with Crippen molar-refractivity contribution in [2.24, 2.45) is 10.9 Å². The number of carbonyl (C=O) groups excluding carboxylic acids is 1. The molecule has 0 aromatic carbocycles. The van der Waals surface area contributed by atoms with Gasteiger partial charge >= 0.3 is 0 Å². The molecular weight excluding hydrogens is 296 g/mol. The predicted molar refractivity (Wildman–Crippen MR) is 91.6 cm³/mol. The van der Waals surface area contributed by atoms with Crippen LogP contribution in [0, 0.1) is 5.92 Å². The number of carbonyl (C=O) groups is 1. The zero-order valence-electron chi connectivity index (χ0n) is 14.5. The number of rotatable bonds is 13. The Morgan fingerprint density at radius 3 is 2.30 bits per heavy atom.